The Hall–Kier alpha value is -1.75. The minimum absolute atomic E-state index is 0.710. The molecule has 5 heteroatoms. The van der Waals surface area contributed by atoms with E-state index >= 15 is 0 Å². The summed E-state index contributed by atoms with van der Waals surface area (Å²) in [6.45, 7) is 2.74. The molecule has 0 saturated carbocycles. The van der Waals surface area contributed by atoms with Crippen molar-refractivity contribution in [3.05, 3.63) is 41.7 Å². The number of benzene rings is 1. The lowest BCUT2D eigenvalue weighted by atomic mass is 10.1. The van der Waals surface area contributed by atoms with Gasteiger partial charge in [0.1, 0.15) is 17.2 Å². The van der Waals surface area contributed by atoms with E-state index in [9.17, 15) is 0 Å². The van der Waals surface area contributed by atoms with Crippen LogP contribution in [-0.2, 0) is 6.54 Å². The van der Waals surface area contributed by atoms with E-state index in [2.05, 4.69) is 21.4 Å². The number of nitrogens with one attached hydrogen (secondary N) is 1. The summed E-state index contributed by atoms with van der Waals surface area (Å²) < 4.78 is 0. The second-order valence-electron chi connectivity index (χ2n) is 3.93. The van der Waals surface area contributed by atoms with Crippen LogP contribution < -0.4 is 11.1 Å². The Morgan fingerprint density at radius 3 is 2.94 bits per heavy atom. The van der Waals surface area contributed by atoms with Gasteiger partial charge in [-0.15, -0.1) is 11.8 Å². The Kier molecular flexibility index (Phi) is 4.04. The van der Waals surface area contributed by atoms with Crippen molar-refractivity contribution in [1.82, 2.24) is 9.97 Å². The summed E-state index contributed by atoms with van der Waals surface area (Å²) in [7, 11) is 0. The van der Waals surface area contributed by atoms with E-state index in [-0.39, 0.29) is 0 Å². The third-order valence-electron chi connectivity index (χ3n) is 2.80. The lowest BCUT2D eigenvalue weighted by Gasteiger charge is -2.10. The van der Waals surface area contributed by atoms with Gasteiger partial charge in [-0.1, -0.05) is 12.1 Å². The van der Waals surface area contributed by atoms with Crippen molar-refractivity contribution in [3.63, 3.8) is 0 Å². The fraction of sp³-hybridized carbons (Fsp3) is 0.231. The molecule has 0 amide bonds. The molecule has 3 N–H and O–H groups in total. The third-order valence-corrected chi connectivity index (χ3v) is 3.44. The summed E-state index contributed by atoms with van der Waals surface area (Å²) in [6, 6.07) is 7.88. The van der Waals surface area contributed by atoms with Crippen LogP contribution in [0.4, 0.5) is 11.5 Å². The van der Waals surface area contributed by atoms with Crippen LogP contribution in [-0.4, -0.2) is 16.2 Å². The fourth-order valence-electron chi connectivity index (χ4n) is 1.63. The molecule has 0 fully saturated rings. The average Bonchev–Trinajstić information content (AvgIpc) is 2.41. The minimum Gasteiger partial charge on any atom is -0.399 e. The van der Waals surface area contributed by atoms with E-state index in [1.807, 2.05) is 31.4 Å². The molecule has 0 spiro atoms. The van der Waals surface area contributed by atoms with E-state index in [4.69, 9.17) is 5.73 Å². The molecule has 1 heterocycles. The highest BCUT2D eigenvalue weighted by Gasteiger charge is 2.02. The first-order valence-electron chi connectivity index (χ1n) is 5.64. The van der Waals surface area contributed by atoms with Gasteiger partial charge in [0.15, 0.2) is 0 Å². The second-order valence-corrected chi connectivity index (χ2v) is 4.76. The smallest absolute Gasteiger partial charge is 0.130 e. The molecule has 94 valence electrons. The number of nitrogen functional groups attached to an aromatic ring is 1. The zero-order chi connectivity index (χ0) is 13.0. The molecule has 0 radical (unpaired) electrons. The summed E-state index contributed by atoms with van der Waals surface area (Å²) in [5, 5.41) is 4.24. The maximum Gasteiger partial charge on any atom is 0.130 e. The lowest BCUT2D eigenvalue weighted by Crippen LogP contribution is -2.04. The molecule has 0 bridgehead atoms. The molecule has 1 aromatic heterocycles. The number of hydrogen-bond donors (Lipinski definition) is 2. The Morgan fingerprint density at radius 1 is 1.33 bits per heavy atom. The van der Waals surface area contributed by atoms with Gasteiger partial charge in [-0.3, -0.25) is 0 Å². The van der Waals surface area contributed by atoms with Crippen LogP contribution in [0.3, 0.4) is 0 Å². The molecule has 2 aromatic rings. The van der Waals surface area contributed by atoms with Crippen LogP contribution in [0.2, 0.25) is 0 Å². The predicted octanol–water partition coefficient (Wildman–Crippen LogP) is 2.70. The highest BCUT2D eigenvalue weighted by Crippen LogP contribution is 2.18. The van der Waals surface area contributed by atoms with Gasteiger partial charge in [0.05, 0.1) is 0 Å². The van der Waals surface area contributed by atoms with Crippen molar-refractivity contribution in [1.29, 1.82) is 0 Å². The van der Waals surface area contributed by atoms with E-state index in [0.717, 1.165) is 22.1 Å². The molecule has 0 atom stereocenters. The molecule has 0 saturated heterocycles. The summed E-state index contributed by atoms with van der Waals surface area (Å²) in [6.07, 6.45) is 3.56. The van der Waals surface area contributed by atoms with Gasteiger partial charge in [0.2, 0.25) is 0 Å². The topological polar surface area (TPSA) is 63.8 Å². The number of aromatic nitrogens is 2. The van der Waals surface area contributed by atoms with Gasteiger partial charge in [-0.2, -0.15) is 0 Å². The summed E-state index contributed by atoms with van der Waals surface area (Å²) >= 11 is 1.60. The molecule has 4 nitrogen and oxygen atoms in total. The first kappa shape index (κ1) is 12.7. The van der Waals surface area contributed by atoms with E-state index in [0.29, 0.717) is 6.54 Å². The number of anilines is 2. The Bertz CT molecular complexity index is 542. The van der Waals surface area contributed by atoms with Crippen LogP contribution >= 0.6 is 11.8 Å². The largest absolute Gasteiger partial charge is 0.399 e. The highest BCUT2D eigenvalue weighted by molar-refractivity contribution is 7.98. The molecular weight excluding hydrogens is 244 g/mol. The van der Waals surface area contributed by atoms with E-state index in [1.54, 1.807) is 18.1 Å². The van der Waals surface area contributed by atoms with Gasteiger partial charge in [-0.05, 0) is 30.4 Å². The van der Waals surface area contributed by atoms with Crippen molar-refractivity contribution in [2.45, 2.75) is 18.5 Å². The van der Waals surface area contributed by atoms with Crippen LogP contribution in [0.1, 0.15) is 11.1 Å². The zero-order valence-corrected chi connectivity index (χ0v) is 11.3. The monoisotopic (exact) mass is 260 g/mol. The highest BCUT2D eigenvalue weighted by atomic mass is 32.2. The number of thioether (sulfide) groups is 1. The standard InChI is InChI=1S/C13H16N4S/c1-9-10(4-3-5-11(9)14)7-15-12-6-13(18-2)17-8-16-12/h3-6,8H,7,14H2,1-2H3,(H,15,16,17). The Balaban J connectivity index is 2.09. The summed E-state index contributed by atoms with van der Waals surface area (Å²) in [4.78, 5) is 8.32. The number of rotatable bonds is 4. The predicted molar refractivity (Wildman–Crippen MR) is 76.7 cm³/mol. The Morgan fingerprint density at radius 2 is 2.17 bits per heavy atom. The minimum atomic E-state index is 0.710. The molecular formula is C13H16N4S. The number of nitrogens with two attached hydrogens (primary N) is 1. The van der Waals surface area contributed by atoms with E-state index in [1.165, 1.54) is 5.56 Å². The van der Waals surface area contributed by atoms with Crippen molar-refractivity contribution in [3.8, 4) is 0 Å². The van der Waals surface area contributed by atoms with Gasteiger partial charge >= 0.3 is 0 Å². The van der Waals surface area contributed by atoms with Crippen LogP contribution in [0.5, 0.6) is 0 Å². The Labute approximate surface area is 111 Å². The van der Waals surface area contributed by atoms with Crippen molar-refractivity contribution in [2.24, 2.45) is 0 Å². The van der Waals surface area contributed by atoms with Gasteiger partial charge in [0.25, 0.3) is 0 Å². The molecule has 0 aliphatic carbocycles. The molecule has 2 rings (SSSR count). The zero-order valence-electron chi connectivity index (χ0n) is 10.5. The first-order valence-corrected chi connectivity index (χ1v) is 6.87. The maximum atomic E-state index is 5.88. The lowest BCUT2D eigenvalue weighted by molar-refractivity contribution is 1.02. The van der Waals surface area contributed by atoms with Crippen molar-refractivity contribution < 1.29 is 0 Å². The number of hydrogen-bond acceptors (Lipinski definition) is 5. The first-order chi connectivity index (χ1) is 8.70. The molecule has 18 heavy (non-hydrogen) atoms. The van der Waals surface area contributed by atoms with Crippen LogP contribution in [0.15, 0.2) is 35.6 Å². The third kappa shape index (κ3) is 2.92. The molecule has 0 aliphatic rings. The van der Waals surface area contributed by atoms with Crippen LogP contribution in [0, 0.1) is 6.92 Å². The van der Waals surface area contributed by atoms with Crippen LogP contribution in [0.25, 0.3) is 0 Å². The molecule has 0 unspecified atom stereocenters. The quantitative estimate of drug-likeness (QED) is 0.503. The number of nitrogens with zero attached hydrogens (tertiary/aromatic N) is 2. The second kappa shape index (κ2) is 5.73. The van der Waals surface area contributed by atoms with Crippen molar-refractivity contribution in [2.75, 3.05) is 17.3 Å². The normalized spacial score (nSPS) is 10.3. The maximum absolute atomic E-state index is 5.88. The van der Waals surface area contributed by atoms with Gasteiger partial charge < -0.3 is 11.1 Å². The summed E-state index contributed by atoms with van der Waals surface area (Å²) in [5.41, 5.74) is 8.99. The average molecular weight is 260 g/mol. The van der Waals surface area contributed by atoms with Gasteiger partial charge in [0, 0.05) is 18.3 Å². The molecule has 0 aliphatic heterocycles. The van der Waals surface area contributed by atoms with E-state index < -0.39 is 0 Å². The van der Waals surface area contributed by atoms with Gasteiger partial charge in [-0.25, -0.2) is 9.97 Å². The molecule has 1 aromatic carbocycles. The van der Waals surface area contributed by atoms with Crippen molar-refractivity contribution >= 4 is 23.3 Å². The summed E-state index contributed by atoms with van der Waals surface area (Å²) in [5.74, 6) is 0.830. The SMILES string of the molecule is CSc1cc(NCc2cccc(N)c2C)ncn1. The fourth-order valence-corrected chi connectivity index (χ4v) is 2.01.